The number of carbonyl (C=O) groups is 1. The second-order valence-electron chi connectivity index (χ2n) is 3.54. The summed E-state index contributed by atoms with van der Waals surface area (Å²) in [5.41, 5.74) is 0.0409. The van der Waals surface area contributed by atoms with Crippen LogP contribution in [0.15, 0.2) is 37.7 Å². The van der Waals surface area contributed by atoms with Gasteiger partial charge in [-0.3, -0.25) is 0 Å². The first kappa shape index (κ1) is 15.7. The van der Waals surface area contributed by atoms with Crippen molar-refractivity contribution in [2.75, 3.05) is 0 Å². The second kappa shape index (κ2) is 6.73. The van der Waals surface area contributed by atoms with E-state index < -0.39 is 12.1 Å². The smallest absolute Gasteiger partial charge is 0.334 e. The van der Waals surface area contributed by atoms with Crippen molar-refractivity contribution in [3.8, 4) is 5.75 Å². The van der Waals surface area contributed by atoms with Crippen LogP contribution in [-0.2, 0) is 4.79 Å². The third kappa shape index (κ3) is 3.83. The van der Waals surface area contributed by atoms with Crippen molar-refractivity contribution < 1.29 is 14.6 Å². The Morgan fingerprint density at radius 2 is 1.89 bits per heavy atom. The molecule has 0 radical (unpaired) electrons. The Labute approximate surface area is 131 Å². The Bertz CT molecular complexity index is 462. The number of rotatable bonds is 5. The summed E-state index contributed by atoms with van der Waals surface area (Å²) in [7, 11) is 0. The highest BCUT2D eigenvalue weighted by atomic mass is 79.9. The Morgan fingerprint density at radius 3 is 2.28 bits per heavy atom. The predicted octanol–water partition coefficient (Wildman–Crippen LogP) is 4.77. The van der Waals surface area contributed by atoms with Crippen LogP contribution in [0.4, 0.5) is 0 Å². The average molecular weight is 443 g/mol. The minimum atomic E-state index is -1.05. The number of carboxylic acid groups (broad SMARTS) is 1. The molecule has 6 heteroatoms. The van der Waals surface area contributed by atoms with Crippen LogP contribution in [0.5, 0.6) is 5.75 Å². The molecule has 1 atom stereocenters. The van der Waals surface area contributed by atoms with Gasteiger partial charge in [0.1, 0.15) is 11.9 Å². The number of hydrogen-bond acceptors (Lipinski definition) is 2. The molecule has 0 aliphatic rings. The molecule has 0 bridgehead atoms. The topological polar surface area (TPSA) is 46.5 Å². The van der Waals surface area contributed by atoms with Crippen molar-refractivity contribution in [3.05, 3.63) is 37.7 Å². The lowest BCUT2D eigenvalue weighted by molar-refractivity contribution is -0.133. The molecule has 1 aromatic carbocycles. The molecule has 1 N–H and O–H groups in total. The van der Waals surface area contributed by atoms with Crippen LogP contribution in [0.3, 0.4) is 0 Å². The predicted molar refractivity (Wildman–Crippen MR) is 81.0 cm³/mol. The van der Waals surface area contributed by atoms with Crippen LogP contribution in [0, 0.1) is 0 Å². The fourth-order valence-electron chi connectivity index (χ4n) is 1.32. The van der Waals surface area contributed by atoms with E-state index in [0.717, 1.165) is 13.4 Å². The molecule has 98 valence electrons. The molecule has 1 aromatic rings. The molecule has 0 aliphatic heterocycles. The summed E-state index contributed by atoms with van der Waals surface area (Å²) < 4.78 is 8.07. The van der Waals surface area contributed by atoms with Crippen molar-refractivity contribution in [2.24, 2.45) is 0 Å². The Hall–Kier alpha value is -0.330. The molecule has 1 unspecified atom stereocenters. The van der Waals surface area contributed by atoms with Crippen molar-refractivity contribution >= 4 is 53.8 Å². The monoisotopic (exact) mass is 440 g/mol. The quantitative estimate of drug-likeness (QED) is 0.668. The van der Waals surface area contributed by atoms with Crippen LogP contribution < -0.4 is 4.74 Å². The minimum Gasteiger partial charge on any atom is -0.483 e. The van der Waals surface area contributed by atoms with Gasteiger partial charge in [0.2, 0.25) is 0 Å². The van der Waals surface area contributed by atoms with Crippen LogP contribution in [-0.4, -0.2) is 17.2 Å². The number of halogens is 3. The summed E-state index contributed by atoms with van der Waals surface area (Å²) in [5, 5.41) is 8.93. The number of ether oxygens (including phenoxy) is 1. The van der Waals surface area contributed by atoms with E-state index >= 15 is 0 Å². The summed E-state index contributed by atoms with van der Waals surface area (Å²) in [6.45, 7) is 5.38. The molecule has 0 heterocycles. The zero-order chi connectivity index (χ0) is 13.9. The van der Waals surface area contributed by atoms with Crippen molar-refractivity contribution in [3.63, 3.8) is 0 Å². The first-order valence-corrected chi connectivity index (χ1v) is 7.48. The van der Waals surface area contributed by atoms with Crippen molar-refractivity contribution in [1.29, 1.82) is 0 Å². The number of benzene rings is 1. The molecule has 0 saturated heterocycles. The fraction of sp³-hybridized carbons (Fsp3) is 0.250. The van der Waals surface area contributed by atoms with E-state index in [1.807, 2.05) is 19.1 Å². The molecule has 0 spiro atoms. The molecule has 18 heavy (non-hydrogen) atoms. The largest absolute Gasteiger partial charge is 0.483 e. The van der Waals surface area contributed by atoms with Crippen LogP contribution in [0.2, 0.25) is 0 Å². The Balaban J connectivity index is 3.02. The van der Waals surface area contributed by atoms with Gasteiger partial charge in [-0.05, 0) is 50.4 Å². The fourth-order valence-corrected chi connectivity index (χ4v) is 3.77. The lowest BCUT2D eigenvalue weighted by atomic mass is 10.1. The summed E-state index contributed by atoms with van der Waals surface area (Å²) >= 11 is 10.1. The van der Waals surface area contributed by atoms with Gasteiger partial charge in [-0.15, -0.1) is 0 Å². The van der Waals surface area contributed by atoms with Gasteiger partial charge in [0.05, 0.1) is 14.5 Å². The standard InChI is InChI=1S/C12H11Br3O3/c1-3-10(6(2)12(16)17)18-11-8(14)4-7(13)5-9(11)15/h4-5,10H,2-3H2,1H3,(H,16,17). The first-order valence-electron chi connectivity index (χ1n) is 5.10. The molecular formula is C12H11Br3O3. The van der Waals surface area contributed by atoms with E-state index in [4.69, 9.17) is 9.84 Å². The van der Waals surface area contributed by atoms with Gasteiger partial charge in [-0.1, -0.05) is 29.4 Å². The summed E-state index contributed by atoms with van der Waals surface area (Å²) in [6.07, 6.45) is -0.0311. The molecular weight excluding hydrogens is 432 g/mol. The van der Waals surface area contributed by atoms with Crippen LogP contribution in [0.25, 0.3) is 0 Å². The Kier molecular flexibility index (Phi) is 5.88. The maximum atomic E-state index is 10.9. The van der Waals surface area contributed by atoms with Crippen LogP contribution in [0.1, 0.15) is 13.3 Å². The van der Waals surface area contributed by atoms with Crippen molar-refractivity contribution in [1.82, 2.24) is 0 Å². The van der Waals surface area contributed by atoms with Gasteiger partial charge in [0.15, 0.2) is 0 Å². The van der Waals surface area contributed by atoms with E-state index in [9.17, 15) is 4.79 Å². The number of aliphatic carboxylic acids is 1. The van der Waals surface area contributed by atoms with Crippen LogP contribution >= 0.6 is 47.8 Å². The summed E-state index contributed by atoms with van der Waals surface area (Å²) in [6, 6.07) is 3.66. The van der Waals surface area contributed by atoms with Gasteiger partial charge in [-0.25, -0.2) is 4.79 Å². The lowest BCUT2D eigenvalue weighted by Gasteiger charge is -2.19. The normalized spacial score (nSPS) is 12.0. The molecule has 3 nitrogen and oxygen atoms in total. The maximum absolute atomic E-state index is 10.9. The number of carboxylic acids is 1. The van der Waals surface area contributed by atoms with E-state index in [1.54, 1.807) is 0 Å². The van der Waals surface area contributed by atoms with Gasteiger partial charge in [-0.2, -0.15) is 0 Å². The third-order valence-electron chi connectivity index (χ3n) is 2.26. The van der Waals surface area contributed by atoms with Gasteiger partial charge in [0, 0.05) is 4.47 Å². The molecule has 0 aromatic heterocycles. The third-order valence-corrected chi connectivity index (χ3v) is 3.89. The molecule has 0 fully saturated rings. The first-order chi connectivity index (χ1) is 8.36. The highest BCUT2D eigenvalue weighted by molar-refractivity contribution is 9.11. The average Bonchev–Trinajstić information content (AvgIpc) is 2.27. The molecule has 0 amide bonds. The summed E-state index contributed by atoms with van der Waals surface area (Å²) in [4.78, 5) is 10.9. The SMILES string of the molecule is C=C(C(=O)O)C(CC)Oc1c(Br)cc(Br)cc1Br. The van der Waals surface area contributed by atoms with Gasteiger partial charge < -0.3 is 9.84 Å². The molecule has 1 rings (SSSR count). The van der Waals surface area contributed by atoms with E-state index in [0.29, 0.717) is 12.2 Å². The van der Waals surface area contributed by atoms with E-state index in [-0.39, 0.29) is 5.57 Å². The Morgan fingerprint density at radius 1 is 1.39 bits per heavy atom. The van der Waals surface area contributed by atoms with E-state index in [1.165, 1.54) is 0 Å². The zero-order valence-electron chi connectivity index (χ0n) is 9.54. The van der Waals surface area contributed by atoms with Gasteiger partial charge in [0.25, 0.3) is 0 Å². The highest BCUT2D eigenvalue weighted by Crippen LogP contribution is 2.37. The minimum absolute atomic E-state index is 0.0409. The molecule has 0 aliphatic carbocycles. The lowest BCUT2D eigenvalue weighted by Crippen LogP contribution is -2.23. The van der Waals surface area contributed by atoms with Crippen molar-refractivity contribution in [2.45, 2.75) is 19.4 Å². The summed E-state index contributed by atoms with van der Waals surface area (Å²) in [5.74, 6) is -0.487. The van der Waals surface area contributed by atoms with Gasteiger partial charge >= 0.3 is 5.97 Å². The highest BCUT2D eigenvalue weighted by Gasteiger charge is 2.20. The van der Waals surface area contributed by atoms with E-state index in [2.05, 4.69) is 54.4 Å². The number of hydrogen-bond donors (Lipinski definition) is 1. The zero-order valence-corrected chi connectivity index (χ0v) is 14.3. The second-order valence-corrected chi connectivity index (χ2v) is 6.17. The maximum Gasteiger partial charge on any atom is 0.334 e. The molecule has 0 saturated carbocycles.